The second-order valence-electron chi connectivity index (χ2n) is 16.7. The number of aryl methyl sites for hydroxylation is 1. The number of benzene rings is 3. The molecule has 16 heteroatoms. The predicted octanol–water partition coefficient (Wildman–Crippen LogP) is 6.63. The lowest BCUT2D eigenvalue weighted by Gasteiger charge is -2.43. The molecule has 3 aromatic carbocycles. The number of carbonyl (C=O) groups is 1. The molecule has 0 spiro atoms. The van der Waals surface area contributed by atoms with Crippen LogP contribution in [0.1, 0.15) is 55.2 Å². The smallest absolute Gasteiger partial charge is 0.229 e. The van der Waals surface area contributed by atoms with E-state index >= 15 is 0 Å². The Kier molecular flexibility index (Phi) is 13.2. The molecule has 3 saturated heterocycles. The minimum Gasteiger partial charge on any atom is -0.494 e. The number of ether oxygens (including phenoxy) is 1. The van der Waals surface area contributed by atoms with Crippen molar-refractivity contribution in [3.05, 3.63) is 88.3 Å². The van der Waals surface area contributed by atoms with Crippen molar-refractivity contribution in [1.29, 1.82) is 0 Å². The number of nitrogens with one attached hydrogen (secondary N) is 3. The molecule has 0 bridgehead atoms. The normalized spacial score (nSPS) is 19.5. The Morgan fingerprint density at radius 1 is 0.934 bits per heavy atom. The second-order valence-corrected chi connectivity index (χ2v) is 20.7. The average Bonchev–Trinajstić information content (AvgIpc) is 3.26. The summed E-state index contributed by atoms with van der Waals surface area (Å²) in [7, 11) is -1.07. The van der Waals surface area contributed by atoms with Crippen LogP contribution >= 0.6 is 23.1 Å². The Balaban J connectivity index is 0.861. The number of piperidine rings is 2. The van der Waals surface area contributed by atoms with E-state index in [1.165, 1.54) is 16.8 Å². The van der Waals surface area contributed by atoms with Crippen LogP contribution in [0.25, 0.3) is 11.0 Å². The number of anilines is 5. The zero-order valence-electron chi connectivity index (χ0n) is 35.4. The van der Waals surface area contributed by atoms with Crippen LogP contribution in [0.2, 0.25) is 0 Å². The van der Waals surface area contributed by atoms with Crippen molar-refractivity contribution >= 4 is 74.1 Å². The van der Waals surface area contributed by atoms with E-state index < -0.39 is 13.4 Å². The number of aromatic nitrogens is 4. The minimum absolute atomic E-state index is 0.0425. The molecule has 2 aromatic heterocycles. The van der Waals surface area contributed by atoms with Gasteiger partial charge < -0.3 is 40.2 Å². The molecular formula is C45H56BrN10O4P. The SMILES string of the molecule is CCc1cc(Nc2ncc(Br)c(Nc3ccc4nccnc4c3P(C)(C)=O)n2)c(OC)cc1N1CCC(N2CCN(CCc3ccc(C4CCC(=O)NC4O)cc3)CC2)CC1. The van der Waals surface area contributed by atoms with Crippen LogP contribution in [0.3, 0.4) is 0 Å². The van der Waals surface area contributed by atoms with Crippen molar-refractivity contribution in [2.45, 2.75) is 63.6 Å². The molecule has 1 amide bonds. The van der Waals surface area contributed by atoms with Crippen LogP contribution in [-0.4, -0.2) is 119 Å². The van der Waals surface area contributed by atoms with Crippen molar-refractivity contribution in [2.24, 2.45) is 0 Å². The monoisotopic (exact) mass is 910 g/mol. The van der Waals surface area contributed by atoms with Gasteiger partial charge in [0.05, 0.1) is 33.8 Å². The lowest BCUT2D eigenvalue weighted by molar-refractivity contribution is -0.127. The third-order valence-electron chi connectivity index (χ3n) is 12.4. The van der Waals surface area contributed by atoms with E-state index in [1.54, 1.807) is 39.0 Å². The van der Waals surface area contributed by atoms with Gasteiger partial charge in [-0.25, -0.2) is 4.98 Å². The first kappa shape index (κ1) is 43.0. The average molecular weight is 912 g/mol. The summed E-state index contributed by atoms with van der Waals surface area (Å²) in [5.74, 6) is 1.50. The first-order chi connectivity index (χ1) is 29.5. The largest absolute Gasteiger partial charge is 0.494 e. The highest BCUT2D eigenvalue weighted by Gasteiger charge is 2.30. The van der Waals surface area contributed by atoms with Crippen molar-refractivity contribution in [1.82, 2.24) is 35.1 Å². The molecular weight excluding hydrogens is 855 g/mol. The maximum absolute atomic E-state index is 13.5. The van der Waals surface area contributed by atoms with Crippen LogP contribution in [0.4, 0.5) is 28.8 Å². The number of halogens is 1. The third kappa shape index (κ3) is 9.86. The maximum Gasteiger partial charge on any atom is 0.229 e. The summed E-state index contributed by atoms with van der Waals surface area (Å²) in [6.07, 6.45) is 9.37. The quantitative estimate of drug-likeness (QED) is 0.0934. The summed E-state index contributed by atoms with van der Waals surface area (Å²) < 4.78 is 20.1. The van der Waals surface area contributed by atoms with Crippen molar-refractivity contribution in [2.75, 3.05) is 81.8 Å². The summed E-state index contributed by atoms with van der Waals surface area (Å²) in [5.41, 5.74) is 7.54. The molecule has 0 saturated carbocycles. The molecule has 5 heterocycles. The summed E-state index contributed by atoms with van der Waals surface area (Å²) in [4.78, 5) is 37.7. The topological polar surface area (TPSA) is 161 Å². The molecule has 14 nitrogen and oxygen atoms in total. The first-order valence-corrected chi connectivity index (χ1v) is 24.7. The van der Waals surface area contributed by atoms with Crippen molar-refractivity contribution in [3.63, 3.8) is 0 Å². The predicted molar refractivity (Wildman–Crippen MR) is 247 cm³/mol. The Bertz CT molecular complexity index is 2400. The van der Waals surface area contributed by atoms with E-state index in [1.807, 2.05) is 12.1 Å². The number of amides is 1. The van der Waals surface area contributed by atoms with Gasteiger partial charge in [0.15, 0.2) is 0 Å². The summed E-state index contributed by atoms with van der Waals surface area (Å²) in [5, 5.41) is 20.4. The number of aliphatic hydroxyl groups excluding tert-OH is 1. The van der Waals surface area contributed by atoms with Crippen LogP contribution in [0.15, 0.2) is 71.6 Å². The van der Waals surface area contributed by atoms with E-state index in [0.717, 1.165) is 82.7 Å². The van der Waals surface area contributed by atoms with E-state index in [9.17, 15) is 14.5 Å². The number of piperazine rings is 1. The molecule has 61 heavy (non-hydrogen) atoms. The van der Waals surface area contributed by atoms with E-state index in [-0.39, 0.29) is 11.8 Å². The standard InChI is InChI=1S/C45H56BrN10O4P/c1-5-30-26-37(51-45-49-28-34(46)43(53-45)50-36-12-11-35-41(48-18-17-47-35)42(36)61(3,4)59)39(60-2)27-38(30)56-20-15-32(16-21-56)55-24-22-54(23-25-55)19-14-29-6-8-31(9-7-29)33-10-13-40(57)52-44(33)58/h6-9,11-12,17-18,26-28,32-33,44,58H,5,10,13-16,19-25H2,1-4H3,(H,52,57)(H2,49,50,51,53). The first-order valence-electron chi connectivity index (χ1n) is 21.3. The van der Waals surface area contributed by atoms with Gasteiger partial charge in [0.25, 0.3) is 0 Å². The number of rotatable bonds is 13. The van der Waals surface area contributed by atoms with Gasteiger partial charge >= 0.3 is 0 Å². The fourth-order valence-corrected chi connectivity index (χ4v) is 10.7. The highest BCUT2D eigenvalue weighted by atomic mass is 79.9. The molecule has 322 valence electrons. The number of methoxy groups -OCH3 is 1. The van der Waals surface area contributed by atoms with Gasteiger partial charge in [0, 0.05) is 94.5 Å². The molecule has 8 rings (SSSR count). The van der Waals surface area contributed by atoms with Gasteiger partial charge in [-0.3, -0.25) is 19.7 Å². The van der Waals surface area contributed by atoms with Gasteiger partial charge in [0.2, 0.25) is 11.9 Å². The minimum atomic E-state index is -2.76. The molecule has 4 N–H and O–H groups in total. The molecule has 3 aliphatic heterocycles. The Hall–Kier alpha value is -4.66. The number of hydrogen-bond acceptors (Lipinski definition) is 13. The Morgan fingerprint density at radius 2 is 1.69 bits per heavy atom. The number of hydrogen-bond donors (Lipinski definition) is 4. The number of aliphatic hydroxyl groups is 1. The van der Waals surface area contributed by atoms with Crippen molar-refractivity contribution < 1.29 is 19.2 Å². The van der Waals surface area contributed by atoms with Gasteiger partial charge in [-0.15, -0.1) is 0 Å². The van der Waals surface area contributed by atoms with Gasteiger partial charge in [0.1, 0.15) is 30.5 Å². The van der Waals surface area contributed by atoms with E-state index in [2.05, 4.69) is 105 Å². The lowest BCUT2D eigenvalue weighted by atomic mass is 9.89. The number of fused-ring (bicyclic) bond motifs is 1. The Labute approximate surface area is 366 Å². The molecule has 0 radical (unpaired) electrons. The summed E-state index contributed by atoms with van der Waals surface area (Å²) in [6.45, 7) is 13.0. The lowest BCUT2D eigenvalue weighted by Crippen LogP contribution is -2.53. The summed E-state index contributed by atoms with van der Waals surface area (Å²) >= 11 is 3.60. The van der Waals surface area contributed by atoms with Gasteiger partial charge in [-0.2, -0.15) is 4.98 Å². The van der Waals surface area contributed by atoms with Crippen LogP contribution in [-0.2, 0) is 22.2 Å². The third-order valence-corrected chi connectivity index (χ3v) is 14.5. The van der Waals surface area contributed by atoms with Gasteiger partial charge in [-0.1, -0.05) is 31.2 Å². The summed E-state index contributed by atoms with van der Waals surface area (Å²) in [6, 6.07) is 17.2. The van der Waals surface area contributed by atoms with Crippen LogP contribution in [0.5, 0.6) is 5.75 Å². The highest BCUT2D eigenvalue weighted by Crippen LogP contribution is 2.42. The zero-order valence-corrected chi connectivity index (χ0v) is 37.9. The molecule has 2 atom stereocenters. The fourth-order valence-electron chi connectivity index (χ4n) is 9.06. The highest BCUT2D eigenvalue weighted by molar-refractivity contribution is 9.10. The number of carbonyl (C=O) groups excluding carboxylic acids is 1. The van der Waals surface area contributed by atoms with Gasteiger partial charge in [-0.05, 0) is 96.3 Å². The van der Waals surface area contributed by atoms with Crippen LogP contribution < -0.4 is 30.9 Å². The molecule has 0 aliphatic carbocycles. The van der Waals surface area contributed by atoms with Crippen molar-refractivity contribution in [3.8, 4) is 5.75 Å². The number of nitrogens with zero attached hydrogens (tertiary/aromatic N) is 7. The van der Waals surface area contributed by atoms with Crippen LogP contribution in [0, 0.1) is 0 Å². The molecule has 5 aromatic rings. The second kappa shape index (κ2) is 18.8. The molecule has 3 aliphatic rings. The van der Waals surface area contributed by atoms with E-state index in [0.29, 0.717) is 62.9 Å². The molecule has 2 unspecified atom stereocenters. The van der Waals surface area contributed by atoms with E-state index in [4.69, 9.17) is 9.72 Å². The molecule has 3 fully saturated rings. The fraction of sp³-hybridized carbons (Fsp3) is 0.444. The Morgan fingerprint density at radius 3 is 2.39 bits per heavy atom. The maximum atomic E-state index is 13.5. The zero-order chi connectivity index (χ0) is 42.7.